The molecule has 2 aromatic carbocycles. The van der Waals surface area contributed by atoms with E-state index in [1.807, 2.05) is 0 Å². The summed E-state index contributed by atoms with van der Waals surface area (Å²) in [6.07, 6.45) is -5.48. The number of hydrogen-bond donors (Lipinski definition) is 3. The summed E-state index contributed by atoms with van der Waals surface area (Å²) < 4.78 is 81.9. The van der Waals surface area contributed by atoms with E-state index in [1.165, 1.54) is 30.3 Å². The zero-order valence-corrected chi connectivity index (χ0v) is 21.2. The van der Waals surface area contributed by atoms with Gasteiger partial charge in [0.15, 0.2) is 0 Å². The minimum atomic E-state index is -4.85. The van der Waals surface area contributed by atoms with Crippen LogP contribution >= 0.6 is 0 Å². The molecule has 0 saturated heterocycles. The lowest BCUT2D eigenvalue weighted by Crippen LogP contribution is -2.27. The first-order chi connectivity index (χ1) is 18.9. The van der Waals surface area contributed by atoms with Crippen LogP contribution in [0.25, 0.3) is 0 Å². The van der Waals surface area contributed by atoms with Crippen molar-refractivity contribution in [1.82, 2.24) is 9.97 Å². The molecule has 40 heavy (non-hydrogen) atoms. The van der Waals surface area contributed by atoms with Gasteiger partial charge in [-0.2, -0.15) is 18.2 Å². The largest absolute Gasteiger partial charge is 0.573 e. The molecule has 0 radical (unpaired) electrons. The van der Waals surface area contributed by atoms with Gasteiger partial charge >= 0.3 is 12.5 Å². The first kappa shape index (κ1) is 29.0. The number of para-hydroxylation sites is 1. The molecule has 0 spiro atoms. The highest BCUT2D eigenvalue weighted by atomic mass is 19.4. The van der Waals surface area contributed by atoms with Crippen LogP contribution in [0.5, 0.6) is 5.75 Å². The smallest absolute Gasteiger partial charge is 0.405 e. The van der Waals surface area contributed by atoms with Gasteiger partial charge in [0.25, 0.3) is 0 Å². The fourth-order valence-electron chi connectivity index (χ4n) is 4.51. The highest BCUT2D eigenvalue weighted by molar-refractivity contribution is 5.58. The number of hydrogen-bond acceptors (Lipinski definition) is 6. The molecule has 4 rings (SSSR count). The molecular weight excluding hydrogens is 536 g/mol. The van der Waals surface area contributed by atoms with Gasteiger partial charge in [-0.15, -0.1) is 13.2 Å². The number of rotatable bonds is 6. The van der Waals surface area contributed by atoms with E-state index in [4.69, 9.17) is 11.5 Å². The van der Waals surface area contributed by atoms with E-state index in [2.05, 4.69) is 31.9 Å². The Morgan fingerprint density at radius 2 is 1.65 bits per heavy atom. The molecule has 0 amide bonds. The molecule has 5 N–H and O–H groups in total. The summed E-state index contributed by atoms with van der Waals surface area (Å²) in [4.78, 5) is 8.77. The summed E-state index contributed by atoms with van der Waals surface area (Å²) in [6.45, 7) is -0.0846. The van der Waals surface area contributed by atoms with Crippen LogP contribution in [-0.2, 0) is 19.1 Å². The van der Waals surface area contributed by atoms with Crippen LogP contribution < -0.4 is 21.5 Å². The van der Waals surface area contributed by atoms with E-state index in [0.29, 0.717) is 17.7 Å². The summed E-state index contributed by atoms with van der Waals surface area (Å²) in [6, 6.07) is 10.4. The Labute approximate surface area is 227 Å². The van der Waals surface area contributed by atoms with Gasteiger partial charge in [-0.3, -0.25) is 0 Å². The van der Waals surface area contributed by atoms with E-state index in [9.17, 15) is 26.3 Å². The quantitative estimate of drug-likeness (QED) is 0.250. The van der Waals surface area contributed by atoms with E-state index in [1.54, 1.807) is 6.07 Å². The second-order valence-electron chi connectivity index (χ2n) is 9.58. The Bertz CT molecular complexity index is 1390. The van der Waals surface area contributed by atoms with Crippen molar-refractivity contribution in [2.75, 3.05) is 11.1 Å². The molecule has 0 bridgehead atoms. The monoisotopic (exact) mass is 563 g/mol. The van der Waals surface area contributed by atoms with Gasteiger partial charge in [0.1, 0.15) is 11.6 Å². The maximum absolute atomic E-state index is 13.1. The number of alkyl halides is 6. The average Bonchev–Trinajstić information content (AvgIpc) is 2.88. The first-order valence-corrected chi connectivity index (χ1v) is 12.6. The molecule has 1 saturated carbocycles. The minimum absolute atomic E-state index is 0.000636. The lowest BCUT2D eigenvalue weighted by atomic mass is 9.83. The molecule has 0 atom stereocenters. The van der Waals surface area contributed by atoms with Crippen molar-refractivity contribution in [2.45, 2.75) is 57.2 Å². The summed E-state index contributed by atoms with van der Waals surface area (Å²) in [5, 5.41) is 2.89. The number of nitrogens with zero attached hydrogens (tertiary/aromatic N) is 2. The Kier molecular flexibility index (Phi) is 8.73. The van der Waals surface area contributed by atoms with Crippen molar-refractivity contribution in [2.24, 2.45) is 11.7 Å². The van der Waals surface area contributed by atoms with Crippen molar-refractivity contribution in [3.8, 4) is 17.6 Å². The maximum atomic E-state index is 13.1. The molecule has 6 nitrogen and oxygen atoms in total. The number of ether oxygens (including phenoxy) is 1. The molecule has 0 unspecified atom stereocenters. The molecule has 3 aromatic rings. The van der Waals surface area contributed by atoms with Crippen molar-refractivity contribution in [1.29, 1.82) is 0 Å². The van der Waals surface area contributed by atoms with Crippen molar-refractivity contribution < 1.29 is 31.1 Å². The summed E-state index contributed by atoms with van der Waals surface area (Å²) in [5.74, 6) is 5.52. The van der Waals surface area contributed by atoms with Crippen molar-refractivity contribution in [3.05, 3.63) is 76.5 Å². The molecule has 12 heteroatoms. The predicted octanol–water partition coefficient (Wildman–Crippen LogP) is 6.05. The first-order valence-electron chi connectivity index (χ1n) is 12.6. The number of nitrogens with two attached hydrogens (primary N) is 2. The lowest BCUT2D eigenvalue weighted by Gasteiger charge is -2.26. The molecule has 1 fully saturated rings. The minimum Gasteiger partial charge on any atom is -0.405 e. The molecule has 1 aliphatic carbocycles. The van der Waals surface area contributed by atoms with Crippen LogP contribution in [0.3, 0.4) is 0 Å². The lowest BCUT2D eigenvalue weighted by molar-refractivity contribution is -0.274. The highest BCUT2D eigenvalue weighted by Crippen LogP contribution is 2.31. The number of aromatic nitrogens is 2. The molecule has 1 aromatic heterocycles. The fraction of sp³-hybridized carbons (Fsp3) is 0.357. The number of halogens is 6. The number of anilines is 2. The Morgan fingerprint density at radius 1 is 0.925 bits per heavy atom. The van der Waals surface area contributed by atoms with Gasteiger partial charge in [0.05, 0.1) is 16.8 Å². The standard InChI is InChI=1S/C28H27F6N5O/c29-27(30,31)20-6-3-4-17(14-20)10-13-22-23(15-18-8-11-21(35)12-9-18)38-26(39-25(22)36)37-16-19-5-1-2-7-24(19)40-28(32,33)34/h1-7,14,18,21H,8-9,11-12,15-16,35H2,(H3,36,37,38,39). The third-order valence-corrected chi connectivity index (χ3v) is 6.54. The van der Waals surface area contributed by atoms with Crippen LogP contribution in [0.15, 0.2) is 48.5 Å². The van der Waals surface area contributed by atoms with Crippen LogP contribution in [0, 0.1) is 17.8 Å². The molecule has 1 aliphatic rings. The Morgan fingerprint density at radius 3 is 2.35 bits per heavy atom. The highest BCUT2D eigenvalue weighted by Gasteiger charge is 2.32. The van der Waals surface area contributed by atoms with E-state index < -0.39 is 18.1 Å². The maximum Gasteiger partial charge on any atom is 0.573 e. The Hall–Kier alpha value is -3.98. The zero-order chi connectivity index (χ0) is 28.9. The summed E-state index contributed by atoms with van der Waals surface area (Å²) in [7, 11) is 0. The van der Waals surface area contributed by atoms with Crippen LogP contribution in [0.4, 0.5) is 38.1 Å². The van der Waals surface area contributed by atoms with E-state index in [0.717, 1.165) is 37.8 Å². The van der Waals surface area contributed by atoms with Crippen molar-refractivity contribution in [3.63, 3.8) is 0 Å². The average molecular weight is 564 g/mol. The molecule has 212 valence electrons. The van der Waals surface area contributed by atoms with Crippen LogP contribution in [-0.4, -0.2) is 22.4 Å². The zero-order valence-electron chi connectivity index (χ0n) is 21.2. The number of nitrogen functional groups attached to an aromatic ring is 1. The molecular formula is C28H27F6N5O. The van der Waals surface area contributed by atoms with E-state index >= 15 is 0 Å². The normalized spacial score (nSPS) is 17.6. The number of benzene rings is 2. The topological polar surface area (TPSA) is 99.1 Å². The summed E-state index contributed by atoms with van der Waals surface area (Å²) in [5.41, 5.74) is 12.6. The van der Waals surface area contributed by atoms with Crippen LogP contribution in [0.1, 0.15) is 53.6 Å². The fourth-order valence-corrected chi connectivity index (χ4v) is 4.51. The van der Waals surface area contributed by atoms with Gasteiger partial charge in [0.2, 0.25) is 5.95 Å². The van der Waals surface area contributed by atoms with Gasteiger partial charge in [0, 0.05) is 23.7 Å². The van der Waals surface area contributed by atoms with Gasteiger partial charge < -0.3 is 21.5 Å². The molecule has 0 aliphatic heterocycles. The van der Waals surface area contributed by atoms with Gasteiger partial charge in [-0.1, -0.05) is 36.1 Å². The molecule has 1 heterocycles. The predicted molar refractivity (Wildman–Crippen MR) is 138 cm³/mol. The number of nitrogens with one attached hydrogen (secondary N) is 1. The second kappa shape index (κ2) is 12.0. The van der Waals surface area contributed by atoms with Gasteiger partial charge in [-0.05, 0) is 62.3 Å². The SMILES string of the molecule is Nc1nc(NCc2ccccc2OC(F)(F)F)nc(CC2CCC(N)CC2)c1C#Cc1cccc(C(F)(F)F)c1. The van der Waals surface area contributed by atoms with Gasteiger partial charge in [-0.25, -0.2) is 4.98 Å². The van der Waals surface area contributed by atoms with Crippen molar-refractivity contribution >= 4 is 11.8 Å². The second-order valence-corrected chi connectivity index (χ2v) is 9.58. The Balaban J connectivity index is 1.63. The third-order valence-electron chi connectivity index (χ3n) is 6.54. The van der Waals surface area contributed by atoms with E-state index in [-0.39, 0.29) is 47.1 Å². The summed E-state index contributed by atoms with van der Waals surface area (Å²) >= 11 is 0. The van der Waals surface area contributed by atoms with Crippen LogP contribution in [0.2, 0.25) is 0 Å². The third kappa shape index (κ3) is 8.02.